The van der Waals surface area contributed by atoms with Gasteiger partial charge in [0.1, 0.15) is 22.0 Å². The zero-order chi connectivity index (χ0) is 27.8. The number of hydrogen-bond acceptors (Lipinski definition) is 6. The number of sulfone groups is 1. The number of anilines is 1. The van der Waals surface area contributed by atoms with Crippen LogP contribution in [0, 0.1) is 6.92 Å². The standard InChI is InChI=1S/C29H36N2O6S/c1-19-18-29(3,4)31(11-6-8-27(32)33)25-17-26-22(15-23(19)25)16-24(28(34)37-26)21-9-12-30(20(2)14-21)10-7-13-38(5,35)36/h9,12,14-17,19H,6-8,10-11,13,18H2,1-5H3/p+1. The number of benzene rings is 1. The lowest BCUT2D eigenvalue weighted by Gasteiger charge is -2.47. The van der Waals surface area contributed by atoms with Crippen LogP contribution in [0.25, 0.3) is 22.1 Å². The molecule has 0 radical (unpaired) electrons. The third-order valence-electron chi connectivity index (χ3n) is 7.49. The molecule has 0 spiro atoms. The molecule has 8 nitrogen and oxygen atoms in total. The number of carboxylic acid groups (broad SMARTS) is 1. The molecule has 1 aromatic carbocycles. The third-order valence-corrected chi connectivity index (χ3v) is 8.52. The molecule has 4 rings (SSSR count). The largest absolute Gasteiger partial charge is 0.481 e. The fraction of sp³-hybridized carbons (Fsp3) is 0.483. The maximum absolute atomic E-state index is 13.1. The van der Waals surface area contributed by atoms with Gasteiger partial charge in [-0.15, -0.1) is 0 Å². The van der Waals surface area contributed by atoms with E-state index in [1.165, 1.54) is 11.8 Å². The first-order valence-electron chi connectivity index (χ1n) is 13.0. The van der Waals surface area contributed by atoms with E-state index in [-0.39, 0.29) is 17.7 Å². The average Bonchev–Trinajstić information content (AvgIpc) is 2.79. The van der Waals surface area contributed by atoms with Gasteiger partial charge in [-0.3, -0.25) is 4.79 Å². The molecule has 38 heavy (non-hydrogen) atoms. The first-order valence-corrected chi connectivity index (χ1v) is 15.1. The van der Waals surface area contributed by atoms with Crippen LogP contribution in [0.15, 0.2) is 45.7 Å². The van der Waals surface area contributed by atoms with Gasteiger partial charge in [0.05, 0.1) is 11.3 Å². The van der Waals surface area contributed by atoms with Crippen LogP contribution in [0.4, 0.5) is 5.69 Å². The molecular formula is C29H37N2O6S+. The molecule has 1 aliphatic heterocycles. The van der Waals surface area contributed by atoms with Gasteiger partial charge < -0.3 is 14.4 Å². The molecule has 0 aliphatic carbocycles. The molecule has 2 aromatic heterocycles. The third kappa shape index (κ3) is 6.09. The summed E-state index contributed by atoms with van der Waals surface area (Å²) in [5.74, 6) is -0.381. The predicted octanol–water partition coefficient (Wildman–Crippen LogP) is 4.45. The Balaban J connectivity index is 1.69. The molecule has 0 bridgehead atoms. The number of aryl methyl sites for hydroxylation is 2. The van der Waals surface area contributed by atoms with Crippen molar-refractivity contribution in [3.05, 3.63) is 58.2 Å². The fourth-order valence-corrected chi connectivity index (χ4v) is 6.32. The summed E-state index contributed by atoms with van der Waals surface area (Å²) in [7, 11) is -3.01. The second-order valence-electron chi connectivity index (χ2n) is 11.2. The number of carboxylic acids is 1. The summed E-state index contributed by atoms with van der Waals surface area (Å²) in [6, 6.07) is 9.69. The van der Waals surface area contributed by atoms with Crippen LogP contribution in [0.1, 0.15) is 63.6 Å². The lowest BCUT2D eigenvalue weighted by Crippen LogP contribution is -2.48. The number of hydrogen-bond donors (Lipinski definition) is 1. The number of rotatable bonds is 9. The van der Waals surface area contributed by atoms with Crippen LogP contribution < -0.4 is 15.1 Å². The molecule has 1 N–H and O–H groups in total. The number of nitrogens with zero attached hydrogens (tertiary/aromatic N) is 2. The number of carbonyl (C=O) groups is 1. The Bertz CT molecular complexity index is 1540. The van der Waals surface area contributed by atoms with Crippen molar-refractivity contribution in [1.82, 2.24) is 0 Å². The maximum Gasteiger partial charge on any atom is 0.344 e. The molecule has 1 aliphatic rings. The van der Waals surface area contributed by atoms with Crippen molar-refractivity contribution in [2.75, 3.05) is 23.5 Å². The second-order valence-corrected chi connectivity index (χ2v) is 13.5. The fourth-order valence-electron chi connectivity index (χ4n) is 5.67. The van der Waals surface area contributed by atoms with Crippen LogP contribution in [-0.2, 0) is 21.2 Å². The summed E-state index contributed by atoms with van der Waals surface area (Å²) in [6.07, 6.45) is 5.21. The van der Waals surface area contributed by atoms with Crippen molar-refractivity contribution in [3.63, 3.8) is 0 Å². The summed E-state index contributed by atoms with van der Waals surface area (Å²) in [5, 5.41) is 9.96. The zero-order valence-electron chi connectivity index (χ0n) is 22.8. The smallest absolute Gasteiger partial charge is 0.344 e. The summed E-state index contributed by atoms with van der Waals surface area (Å²) >= 11 is 0. The summed E-state index contributed by atoms with van der Waals surface area (Å²) in [5.41, 5.74) is 4.24. The Hall–Kier alpha value is -3.20. The number of pyridine rings is 1. The van der Waals surface area contributed by atoms with E-state index in [4.69, 9.17) is 9.52 Å². The molecular weight excluding hydrogens is 504 g/mol. The molecule has 3 heterocycles. The first kappa shape index (κ1) is 27.8. The van der Waals surface area contributed by atoms with Gasteiger partial charge in [-0.1, -0.05) is 6.92 Å². The number of aromatic nitrogens is 1. The quantitative estimate of drug-likeness (QED) is 0.315. The molecule has 1 atom stereocenters. The highest BCUT2D eigenvalue weighted by Gasteiger charge is 2.36. The van der Waals surface area contributed by atoms with Gasteiger partial charge in [-0.25, -0.2) is 17.8 Å². The summed E-state index contributed by atoms with van der Waals surface area (Å²) in [6.45, 7) is 9.66. The van der Waals surface area contributed by atoms with E-state index in [2.05, 4.69) is 31.7 Å². The molecule has 9 heteroatoms. The van der Waals surface area contributed by atoms with Crippen LogP contribution in [-0.4, -0.2) is 43.6 Å². The normalized spacial score (nSPS) is 17.0. The first-order chi connectivity index (χ1) is 17.7. The number of fused-ring (bicyclic) bond motifs is 2. The molecule has 204 valence electrons. The van der Waals surface area contributed by atoms with Crippen LogP contribution in [0.3, 0.4) is 0 Å². The van der Waals surface area contributed by atoms with Crippen molar-refractivity contribution in [1.29, 1.82) is 0 Å². The van der Waals surface area contributed by atoms with E-state index in [0.717, 1.165) is 28.8 Å². The minimum Gasteiger partial charge on any atom is -0.481 e. The van der Waals surface area contributed by atoms with Gasteiger partial charge >= 0.3 is 11.6 Å². The van der Waals surface area contributed by atoms with Crippen molar-refractivity contribution < 1.29 is 27.3 Å². The molecule has 0 amide bonds. The summed E-state index contributed by atoms with van der Waals surface area (Å²) < 4.78 is 30.7. The highest BCUT2D eigenvalue weighted by Crippen LogP contribution is 2.45. The van der Waals surface area contributed by atoms with Gasteiger partial charge in [0.2, 0.25) is 0 Å². The van der Waals surface area contributed by atoms with Crippen molar-refractivity contribution in [2.45, 2.75) is 71.4 Å². The second kappa shape index (κ2) is 10.5. The molecule has 0 saturated heterocycles. The Morgan fingerprint density at radius 1 is 1.21 bits per heavy atom. The van der Waals surface area contributed by atoms with Crippen LogP contribution >= 0.6 is 0 Å². The molecule has 0 saturated carbocycles. The minimum absolute atomic E-state index is 0.109. The average molecular weight is 542 g/mol. The van der Waals surface area contributed by atoms with Gasteiger partial charge in [0, 0.05) is 72.9 Å². The molecule has 3 aromatic rings. The lowest BCUT2D eigenvalue weighted by molar-refractivity contribution is -0.702. The van der Waals surface area contributed by atoms with E-state index in [9.17, 15) is 18.0 Å². The Kier molecular flexibility index (Phi) is 7.70. The van der Waals surface area contributed by atoms with E-state index in [0.29, 0.717) is 43.0 Å². The highest BCUT2D eigenvalue weighted by molar-refractivity contribution is 7.90. The predicted molar refractivity (Wildman–Crippen MR) is 149 cm³/mol. The van der Waals surface area contributed by atoms with E-state index in [1.807, 2.05) is 42.0 Å². The van der Waals surface area contributed by atoms with E-state index < -0.39 is 21.4 Å². The molecule has 1 unspecified atom stereocenters. The van der Waals surface area contributed by atoms with Crippen LogP contribution in [0.5, 0.6) is 0 Å². The Labute approximate surface area is 223 Å². The van der Waals surface area contributed by atoms with E-state index >= 15 is 0 Å². The maximum atomic E-state index is 13.1. The van der Waals surface area contributed by atoms with Crippen molar-refractivity contribution >= 4 is 32.5 Å². The molecule has 0 fully saturated rings. The van der Waals surface area contributed by atoms with E-state index in [1.54, 1.807) is 0 Å². The lowest BCUT2D eigenvalue weighted by atomic mass is 9.79. The summed E-state index contributed by atoms with van der Waals surface area (Å²) in [4.78, 5) is 26.4. The zero-order valence-corrected chi connectivity index (χ0v) is 23.6. The SMILES string of the molecule is Cc1cc(-c2cc3cc4c(cc3oc2=O)N(CCCC(=O)O)C(C)(C)CC4C)cc[n+]1CCCS(C)(=O)=O. The van der Waals surface area contributed by atoms with Gasteiger partial charge in [-0.2, -0.15) is 0 Å². The minimum atomic E-state index is -3.01. The Morgan fingerprint density at radius 2 is 1.95 bits per heavy atom. The van der Waals surface area contributed by atoms with Gasteiger partial charge in [-0.05, 0) is 50.3 Å². The van der Waals surface area contributed by atoms with Gasteiger partial charge in [0.15, 0.2) is 11.9 Å². The van der Waals surface area contributed by atoms with Crippen LogP contribution in [0.2, 0.25) is 0 Å². The Morgan fingerprint density at radius 3 is 2.61 bits per heavy atom. The monoisotopic (exact) mass is 541 g/mol. The topological polar surface area (TPSA) is 109 Å². The highest BCUT2D eigenvalue weighted by atomic mass is 32.2. The van der Waals surface area contributed by atoms with Crippen molar-refractivity contribution in [3.8, 4) is 11.1 Å². The number of aliphatic carboxylic acids is 1. The van der Waals surface area contributed by atoms with Gasteiger partial charge in [0.25, 0.3) is 0 Å². The van der Waals surface area contributed by atoms with Crippen molar-refractivity contribution in [2.24, 2.45) is 0 Å².